The van der Waals surface area contributed by atoms with Gasteiger partial charge < -0.3 is 10.1 Å². The van der Waals surface area contributed by atoms with E-state index in [4.69, 9.17) is 0 Å². The summed E-state index contributed by atoms with van der Waals surface area (Å²) in [7, 11) is 0. The first-order chi connectivity index (χ1) is 9.29. The second-order valence-corrected chi connectivity index (χ2v) is 5.45. The van der Waals surface area contributed by atoms with Crippen molar-refractivity contribution in [2.24, 2.45) is 5.41 Å². The highest BCUT2D eigenvalue weighted by Gasteiger charge is 2.42. The predicted molar refractivity (Wildman–Crippen MR) is 74.9 cm³/mol. The zero-order chi connectivity index (χ0) is 13.3. The lowest BCUT2D eigenvalue weighted by molar-refractivity contribution is -0.117. The van der Waals surface area contributed by atoms with Gasteiger partial charge in [0.25, 0.3) is 0 Å². The number of carbonyl (C=O) groups is 1. The largest absolute Gasteiger partial charge is 0.309 e. The molecule has 3 rings (SSSR count). The topological polar surface area (TPSA) is 57.8 Å². The molecule has 19 heavy (non-hydrogen) atoms. The molecule has 2 unspecified atom stereocenters. The summed E-state index contributed by atoms with van der Waals surface area (Å²) in [5, 5.41) is 11.6. The highest BCUT2D eigenvalue weighted by atomic mass is 16.1. The van der Waals surface area contributed by atoms with Crippen molar-refractivity contribution >= 4 is 17.2 Å². The van der Waals surface area contributed by atoms with Gasteiger partial charge in [-0.05, 0) is 37.1 Å². The Morgan fingerprint density at radius 3 is 3.21 bits per heavy atom. The molecule has 4 nitrogen and oxygen atoms in total. The molecule has 2 aromatic rings. The molecule has 1 fully saturated rings. The highest BCUT2D eigenvalue weighted by molar-refractivity contribution is 5.79. The van der Waals surface area contributed by atoms with Crippen LogP contribution in [0, 0.1) is 5.41 Å². The average Bonchev–Trinajstić information content (AvgIpc) is 3.04. The maximum atomic E-state index is 11.7. The van der Waals surface area contributed by atoms with Gasteiger partial charge in [0.15, 0.2) is 0 Å². The molecule has 0 aliphatic carbocycles. The molecule has 0 bridgehead atoms. The van der Waals surface area contributed by atoms with Gasteiger partial charge in [0.1, 0.15) is 6.29 Å². The third kappa shape index (κ3) is 1.96. The van der Waals surface area contributed by atoms with Crippen molar-refractivity contribution in [3.8, 4) is 0 Å². The summed E-state index contributed by atoms with van der Waals surface area (Å²) in [5.41, 5.74) is 1.98. The number of aldehydes is 1. The molecule has 1 aliphatic heterocycles. The van der Waals surface area contributed by atoms with Gasteiger partial charge >= 0.3 is 0 Å². The monoisotopic (exact) mass is 257 g/mol. The normalized spacial score (nSPS) is 26.9. The van der Waals surface area contributed by atoms with Gasteiger partial charge in [-0.15, -0.1) is 0 Å². The molecule has 1 saturated heterocycles. The van der Waals surface area contributed by atoms with Crippen LogP contribution in [-0.2, 0) is 4.79 Å². The first-order valence-corrected chi connectivity index (χ1v) is 6.92. The highest BCUT2D eigenvalue weighted by Crippen LogP contribution is 2.43. The van der Waals surface area contributed by atoms with Gasteiger partial charge in [-0.25, -0.2) is 0 Å². The third-order valence-electron chi connectivity index (χ3n) is 4.26. The molecule has 1 aliphatic rings. The Kier molecular flexibility index (Phi) is 3.11. The van der Waals surface area contributed by atoms with Crippen molar-refractivity contribution in [3.05, 3.63) is 30.0 Å². The maximum Gasteiger partial charge on any atom is 0.128 e. The van der Waals surface area contributed by atoms with Crippen LogP contribution in [0.3, 0.4) is 0 Å². The van der Waals surface area contributed by atoms with Crippen LogP contribution in [0.25, 0.3) is 10.9 Å². The molecule has 0 amide bonds. The summed E-state index contributed by atoms with van der Waals surface area (Å²) in [6.07, 6.45) is 5.90. The third-order valence-corrected chi connectivity index (χ3v) is 4.26. The molecule has 2 N–H and O–H groups in total. The van der Waals surface area contributed by atoms with Crippen molar-refractivity contribution in [3.63, 3.8) is 0 Å². The number of benzene rings is 1. The van der Waals surface area contributed by atoms with E-state index in [0.717, 1.165) is 36.7 Å². The standard InChI is InChI=1S/C15H19N3O/c1-2-5-15(10-19)6-7-16-14(15)11-3-4-13-12(8-11)9-17-18-13/h3-4,8-10,14,16H,2,5-7H2,1H3,(H,17,18). The molecule has 2 atom stereocenters. The first-order valence-electron chi connectivity index (χ1n) is 6.92. The van der Waals surface area contributed by atoms with E-state index >= 15 is 0 Å². The van der Waals surface area contributed by atoms with E-state index in [2.05, 4.69) is 34.6 Å². The van der Waals surface area contributed by atoms with Crippen LogP contribution >= 0.6 is 0 Å². The molecular formula is C15H19N3O. The minimum atomic E-state index is -0.244. The van der Waals surface area contributed by atoms with E-state index in [-0.39, 0.29) is 11.5 Å². The minimum absolute atomic E-state index is 0.129. The number of aromatic amines is 1. The number of fused-ring (bicyclic) bond motifs is 1. The van der Waals surface area contributed by atoms with Crippen molar-refractivity contribution in [2.45, 2.75) is 32.2 Å². The van der Waals surface area contributed by atoms with Crippen LogP contribution in [0.2, 0.25) is 0 Å². The van der Waals surface area contributed by atoms with Crippen LogP contribution in [0.5, 0.6) is 0 Å². The Hall–Kier alpha value is -1.68. The number of H-pyrrole nitrogens is 1. The van der Waals surface area contributed by atoms with Crippen LogP contribution < -0.4 is 5.32 Å². The maximum absolute atomic E-state index is 11.7. The predicted octanol–water partition coefficient (Wildman–Crippen LogP) is 2.58. The van der Waals surface area contributed by atoms with Crippen molar-refractivity contribution < 1.29 is 4.79 Å². The number of nitrogens with zero attached hydrogens (tertiary/aromatic N) is 1. The Labute approximate surface area is 112 Å². The van der Waals surface area contributed by atoms with Crippen LogP contribution in [0.1, 0.15) is 37.8 Å². The Bertz CT molecular complexity index is 592. The van der Waals surface area contributed by atoms with Gasteiger partial charge in [-0.1, -0.05) is 19.4 Å². The number of hydrogen-bond donors (Lipinski definition) is 2. The molecule has 0 spiro atoms. The van der Waals surface area contributed by atoms with Gasteiger partial charge in [0, 0.05) is 16.8 Å². The molecule has 100 valence electrons. The molecule has 4 heteroatoms. The zero-order valence-electron chi connectivity index (χ0n) is 11.1. The Morgan fingerprint density at radius 1 is 1.53 bits per heavy atom. The minimum Gasteiger partial charge on any atom is -0.309 e. The van der Waals surface area contributed by atoms with Crippen molar-refractivity contribution in [1.29, 1.82) is 0 Å². The summed E-state index contributed by atoms with van der Waals surface area (Å²) in [6, 6.07) is 6.40. The fourth-order valence-corrected chi connectivity index (χ4v) is 3.31. The van der Waals surface area contributed by atoms with Crippen molar-refractivity contribution in [2.75, 3.05) is 6.54 Å². The van der Waals surface area contributed by atoms with Gasteiger partial charge in [0.05, 0.1) is 11.7 Å². The van der Waals surface area contributed by atoms with E-state index in [1.165, 1.54) is 11.8 Å². The zero-order valence-corrected chi connectivity index (χ0v) is 11.1. The van der Waals surface area contributed by atoms with Crippen LogP contribution in [0.4, 0.5) is 0 Å². The van der Waals surface area contributed by atoms with Gasteiger partial charge in [-0.3, -0.25) is 5.10 Å². The van der Waals surface area contributed by atoms with Crippen LogP contribution in [0.15, 0.2) is 24.4 Å². The van der Waals surface area contributed by atoms with Crippen LogP contribution in [-0.4, -0.2) is 23.0 Å². The second-order valence-electron chi connectivity index (χ2n) is 5.45. The summed E-state index contributed by atoms with van der Waals surface area (Å²) >= 11 is 0. The van der Waals surface area contributed by atoms with E-state index < -0.39 is 0 Å². The SMILES string of the molecule is CCCC1(C=O)CCNC1c1ccc2[nH]ncc2c1. The lowest BCUT2D eigenvalue weighted by Gasteiger charge is -2.29. The van der Waals surface area contributed by atoms with Crippen molar-refractivity contribution in [1.82, 2.24) is 15.5 Å². The Morgan fingerprint density at radius 2 is 2.42 bits per heavy atom. The van der Waals surface area contributed by atoms with E-state index in [9.17, 15) is 4.79 Å². The smallest absolute Gasteiger partial charge is 0.128 e. The summed E-state index contributed by atoms with van der Waals surface area (Å²) < 4.78 is 0. The number of hydrogen-bond acceptors (Lipinski definition) is 3. The fraction of sp³-hybridized carbons (Fsp3) is 0.467. The molecule has 2 heterocycles. The number of aromatic nitrogens is 2. The van der Waals surface area contributed by atoms with Gasteiger partial charge in [0.2, 0.25) is 0 Å². The number of carbonyl (C=O) groups excluding carboxylic acids is 1. The summed E-state index contributed by atoms with van der Waals surface area (Å²) in [5.74, 6) is 0. The molecule has 0 radical (unpaired) electrons. The lowest BCUT2D eigenvalue weighted by atomic mass is 9.75. The summed E-state index contributed by atoms with van der Waals surface area (Å²) in [4.78, 5) is 11.7. The molecule has 1 aromatic carbocycles. The second kappa shape index (κ2) is 4.78. The Balaban J connectivity index is 2.01. The van der Waals surface area contributed by atoms with E-state index in [1.54, 1.807) is 0 Å². The lowest BCUT2D eigenvalue weighted by Crippen LogP contribution is -2.30. The molecule has 1 aromatic heterocycles. The number of rotatable bonds is 4. The number of nitrogens with one attached hydrogen (secondary N) is 2. The van der Waals surface area contributed by atoms with E-state index in [1.807, 2.05) is 12.3 Å². The van der Waals surface area contributed by atoms with Gasteiger partial charge in [-0.2, -0.15) is 5.10 Å². The first kappa shape index (κ1) is 12.4. The molecule has 0 saturated carbocycles. The summed E-state index contributed by atoms with van der Waals surface area (Å²) in [6.45, 7) is 3.05. The quantitative estimate of drug-likeness (QED) is 0.828. The average molecular weight is 257 g/mol. The fourth-order valence-electron chi connectivity index (χ4n) is 3.31. The van der Waals surface area contributed by atoms with E-state index in [0.29, 0.717) is 0 Å². The molecular weight excluding hydrogens is 238 g/mol.